The molecule has 32 heavy (non-hydrogen) atoms. The zero-order valence-electron chi connectivity index (χ0n) is 18.3. The number of allylic oxidation sites excluding steroid dienone is 3. The van der Waals surface area contributed by atoms with Gasteiger partial charge in [-0.2, -0.15) is 5.26 Å². The first-order valence-electron chi connectivity index (χ1n) is 10.6. The minimum absolute atomic E-state index is 0.0730. The maximum absolute atomic E-state index is 13.6. The molecule has 0 amide bonds. The minimum Gasteiger partial charge on any atom is -0.497 e. The van der Waals surface area contributed by atoms with Crippen molar-refractivity contribution in [2.45, 2.75) is 32.6 Å². The molecule has 0 fully saturated rings. The Balaban J connectivity index is 1.82. The lowest BCUT2D eigenvalue weighted by Crippen LogP contribution is -2.42. The zero-order chi connectivity index (χ0) is 22.6. The number of hydrogen-bond acceptors (Lipinski definition) is 6. The van der Waals surface area contributed by atoms with Gasteiger partial charge in [0.15, 0.2) is 11.6 Å². The van der Waals surface area contributed by atoms with Crippen molar-refractivity contribution in [2.75, 3.05) is 12.0 Å². The number of amidine groups is 1. The average Bonchev–Trinajstić information content (AvgIpc) is 2.77. The van der Waals surface area contributed by atoms with E-state index in [1.165, 1.54) is 0 Å². The molecule has 5 rings (SSSR count). The highest BCUT2D eigenvalue weighted by Gasteiger charge is 2.46. The third-order valence-electron chi connectivity index (χ3n) is 6.41. The number of nitrogens with zero attached hydrogens (tertiary/aromatic N) is 3. The molecular formula is C26H24N4O2. The molecule has 160 valence electrons. The molecule has 6 nitrogen and oxygen atoms in total. The lowest BCUT2D eigenvalue weighted by molar-refractivity contribution is -0.118. The molecule has 2 aromatic carbocycles. The second-order valence-electron chi connectivity index (χ2n) is 9.21. The van der Waals surface area contributed by atoms with Crippen LogP contribution in [0.2, 0.25) is 0 Å². The molecule has 0 spiro atoms. The Hall–Kier alpha value is -3.85. The van der Waals surface area contributed by atoms with Crippen LogP contribution in [-0.2, 0) is 4.79 Å². The van der Waals surface area contributed by atoms with Crippen molar-refractivity contribution in [2.24, 2.45) is 16.1 Å². The van der Waals surface area contributed by atoms with Crippen molar-refractivity contribution < 1.29 is 9.53 Å². The number of carbonyl (C=O) groups is 1. The summed E-state index contributed by atoms with van der Waals surface area (Å²) in [5, 5.41) is 10.3. The van der Waals surface area contributed by atoms with Gasteiger partial charge in [-0.1, -0.05) is 38.1 Å². The number of ether oxygens (including phenoxy) is 1. The summed E-state index contributed by atoms with van der Waals surface area (Å²) < 4.78 is 5.30. The Morgan fingerprint density at radius 2 is 1.88 bits per heavy atom. The molecule has 1 atom stereocenters. The molecule has 2 aliphatic heterocycles. The van der Waals surface area contributed by atoms with Gasteiger partial charge in [0.1, 0.15) is 11.6 Å². The number of nitrogens with two attached hydrogens (primary N) is 1. The smallest absolute Gasteiger partial charge is 0.162 e. The Kier molecular flexibility index (Phi) is 4.45. The van der Waals surface area contributed by atoms with Crippen molar-refractivity contribution in [1.82, 2.24) is 0 Å². The summed E-state index contributed by atoms with van der Waals surface area (Å²) in [5.41, 5.74) is 10.7. The maximum atomic E-state index is 13.6. The average molecular weight is 425 g/mol. The van der Waals surface area contributed by atoms with Crippen LogP contribution in [0.1, 0.15) is 43.7 Å². The number of hydrogen-bond donors (Lipinski definition) is 1. The van der Waals surface area contributed by atoms with Gasteiger partial charge in [-0.25, -0.2) is 4.99 Å². The Labute approximate surface area is 187 Å². The normalized spacial score (nSPS) is 21.3. The van der Waals surface area contributed by atoms with Gasteiger partial charge in [-0.3, -0.25) is 9.69 Å². The molecule has 0 unspecified atom stereocenters. The highest BCUT2D eigenvalue weighted by Crippen LogP contribution is 2.52. The molecule has 0 bridgehead atoms. The van der Waals surface area contributed by atoms with Gasteiger partial charge in [0.05, 0.1) is 30.4 Å². The van der Waals surface area contributed by atoms with Crippen LogP contribution in [0.25, 0.3) is 0 Å². The summed E-state index contributed by atoms with van der Waals surface area (Å²) in [4.78, 5) is 20.2. The molecule has 1 aliphatic carbocycles. The van der Waals surface area contributed by atoms with Crippen LogP contribution < -0.4 is 15.4 Å². The SMILES string of the molecule is COc1ccc([C@@H]2C(C#N)=C3N=C(N)c4ccccc4N3C3=C2C(=O)CC(C)(C)C3)cc1. The topological polar surface area (TPSA) is 91.7 Å². The Bertz CT molecular complexity index is 1280. The zero-order valence-corrected chi connectivity index (χ0v) is 18.3. The van der Waals surface area contributed by atoms with E-state index in [4.69, 9.17) is 10.5 Å². The van der Waals surface area contributed by atoms with Crippen molar-refractivity contribution in [1.29, 1.82) is 5.26 Å². The van der Waals surface area contributed by atoms with Gasteiger partial charge in [0.2, 0.25) is 0 Å². The van der Waals surface area contributed by atoms with Gasteiger partial charge in [-0.05, 0) is 41.7 Å². The lowest BCUT2D eigenvalue weighted by atomic mass is 9.68. The number of fused-ring (bicyclic) bond motifs is 4. The van der Waals surface area contributed by atoms with E-state index >= 15 is 0 Å². The molecule has 2 heterocycles. The second kappa shape index (κ2) is 7.10. The third-order valence-corrected chi connectivity index (χ3v) is 6.41. The molecule has 0 saturated carbocycles. The van der Waals surface area contributed by atoms with Crippen LogP contribution in [0, 0.1) is 16.7 Å². The fourth-order valence-corrected chi connectivity index (χ4v) is 5.02. The summed E-state index contributed by atoms with van der Waals surface area (Å²) in [6.07, 6.45) is 1.14. The van der Waals surface area contributed by atoms with Crippen LogP contribution in [0.5, 0.6) is 5.75 Å². The molecule has 2 aromatic rings. The summed E-state index contributed by atoms with van der Waals surface area (Å²) in [7, 11) is 1.61. The van der Waals surface area contributed by atoms with Gasteiger partial charge >= 0.3 is 0 Å². The molecule has 6 heteroatoms. The van der Waals surface area contributed by atoms with Crippen molar-refractivity contribution in [3.05, 3.63) is 82.3 Å². The molecule has 0 aromatic heterocycles. The summed E-state index contributed by atoms with van der Waals surface area (Å²) in [6.45, 7) is 4.21. The minimum atomic E-state index is -0.488. The van der Waals surface area contributed by atoms with Crippen molar-refractivity contribution in [3.8, 4) is 11.8 Å². The predicted molar refractivity (Wildman–Crippen MR) is 123 cm³/mol. The number of para-hydroxylation sites is 1. The number of nitriles is 1. The van der Waals surface area contributed by atoms with Crippen molar-refractivity contribution >= 4 is 17.3 Å². The quantitative estimate of drug-likeness (QED) is 0.772. The van der Waals surface area contributed by atoms with Crippen LogP contribution in [0.4, 0.5) is 5.69 Å². The number of Topliss-reactive ketones (excluding diaryl/α,β-unsaturated/α-hetero) is 1. The molecule has 0 saturated heterocycles. The fourth-order valence-electron chi connectivity index (χ4n) is 5.02. The number of benzene rings is 2. The fraction of sp³-hybridized carbons (Fsp3) is 0.269. The second-order valence-corrected chi connectivity index (χ2v) is 9.21. The van der Waals surface area contributed by atoms with Crippen LogP contribution >= 0.6 is 0 Å². The number of ketones is 1. The number of carbonyl (C=O) groups excluding carboxylic acids is 1. The molecule has 0 radical (unpaired) electrons. The van der Waals surface area contributed by atoms with E-state index in [9.17, 15) is 10.1 Å². The van der Waals surface area contributed by atoms with E-state index in [2.05, 4.69) is 24.9 Å². The first-order chi connectivity index (χ1) is 15.3. The summed E-state index contributed by atoms with van der Waals surface area (Å²) >= 11 is 0. The van der Waals surface area contributed by atoms with Gasteiger partial charge in [-0.15, -0.1) is 0 Å². The van der Waals surface area contributed by atoms with E-state index in [-0.39, 0.29) is 11.2 Å². The molecular weight excluding hydrogens is 400 g/mol. The van der Waals surface area contributed by atoms with Crippen molar-refractivity contribution in [3.63, 3.8) is 0 Å². The number of methoxy groups -OCH3 is 1. The maximum Gasteiger partial charge on any atom is 0.162 e. The number of rotatable bonds is 2. The van der Waals surface area contributed by atoms with E-state index in [1.54, 1.807) is 7.11 Å². The predicted octanol–water partition coefficient (Wildman–Crippen LogP) is 4.40. The third kappa shape index (κ3) is 2.93. The van der Waals surface area contributed by atoms with Crippen LogP contribution in [-0.4, -0.2) is 18.7 Å². The Morgan fingerprint density at radius 1 is 1.16 bits per heavy atom. The van der Waals surface area contributed by atoms with Gasteiger partial charge in [0, 0.05) is 23.3 Å². The van der Waals surface area contributed by atoms with Gasteiger partial charge < -0.3 is 10.5 Å². The Morgan fingerprint density at radius 3 is 2.56 bits per heavy atom. The number of anilines is 1. The van der Waals surface area contributed by atoms with E-state index in [0.717, 1.165) is 28.3 Å². The van der Waals surface area contributed by atoms with E-state index < -0.39 is 5.92 Å². The highest BCUT2D eigenvalue weighted by atomic mass is 16.5. The molecule has 3 aliphatic rings. The molecule has 2 N–H and O–H groups in total. The first-order valence-corrected chi connectivity index (χ1v) is 10.6. The largest absolute Gasteiger partial charge is 0.497 e. The monoisotopic (exact) mass is 424 g/mol. The van der Waals surface area contributed by atoms with Crippen LogP contribution in [0.15, 0.2) is 76.2 Å². The van der Waals surface area contributed by atoms with E-state index in [0.29, 0.717) is 35.6 Å². The highest BCUT2D eigenvalue weighted by molar-refractivity contribution is 6.08. The van der Waals surface area contributed by atoms with Crippen LogP contribution in [0.3, 0.4) is 0 Å². The standard InChI is InChI=1S/C26H24N4O2/c1-26(2)12-20-23(21(31)13-26)22(15-8-10-16(32-3)11-9-15)18(14-27)25-29-24(28)17-6-4-5-7-19(17)30(20)25/h4-11,22H,12-13H2,1-3H3,(H2,28,29)/t22-/m1/s1. The summed E-state index contributed by atoms with van der Waals surface area (Å²) in [6, 6.07) is 17.6. The summed E-state index contributed by atoms with van der Waals surface area (Å²) in [5.74, 6) is 1.19. The first kappa shape index (κ1) is 20.1. The lowest BCUT2D eigenvalue weighted by Gasteiger charge is -2.45. The van der Waals surface area contributed by atoms with Gasteiger partial charge in [0.25, 0.3) is 0 Å². The number of aliphatic imine (C=N–C) groups is 1. The van der Waals surface area contributed by atoms with E-state index in [1.807, 2.05) is 53.4 Å².